The largest absolute Gasteiger partial charge is 0.456 e. The smallest absolute Gasteiger partial charge is 0.137 e. The van der Waals surface area contributed by atoms with E-state index >= 15 is 0 Å². The highest BCUT2D eigenvalue weighted by Gasteiger charge is 2.27. The second-order valence-corrected chi connectivity index (χ2v) is 15.9. The maximum absolute atomic E-state index is 6.53. The molecule has 0 radical (unpaired) electrons. The minimum Gasteiger partial charge on any atom is -0.456 e. The number of thiophene rings is 1. The van der Waals surface area contributed by atoms with Crippen molar-refractivity contribution in [1.29, 1.82) is 0 Å². The lowest BCUT2D eigenvalue weighted by Crippen LogP contribution is -2.45. The molecule has 0 amide bonds. The van der Waals surface area contributed by atoms with Crippen molar-refractivity contribution in [3.8, 4) is 16.8 Å². The molecule has 1 aliphatic heterocycles. The van der Waals surface area contributed by atoms with Crippen molar-refractivity contribution in [2.75, 3.05) is 0 Å². The Labute approximate surface area is 332 Å². The van der Waals surface area contributed by atoms with Crippen LogP contribution >= 0.6 is 11.3 Å². The Kier molecular flexibility index (Phi) is 7.24. The van der Waals surface area contributed by atoms with E-state index in [2.05, 4.69) is 197 Å². The Bertz CT molecular complexity index is 3320. The molecule has 0 bridgehead atoms. The standard InChI is InChI=1S/C51H34N4OS/c1-3-12-31(13-4-1)49-52-50(32-14-5-2-6-15-32)54-51(53-49)40-18-11-21-46-48(40)39-25-22-34(29-47(39)57-46)33-23-27-44-41(28-33)38-26-24-35(30-45(38)56-44)55-42-19-9-7-16-36(42)37-17-8-10-20-43(37)55/h1-30,49-50,52H,(H,53,54). The minimum atomic E-state index is -0.187. The molecule has 0 fully saturated rings. The lowest BCUT2D eigenvalue weighted by molar-refractivity contribution is 0.409. The van der Waals surface area contributed by atoms with Gasteiger partial charge in [-0.05, 0) is 70.8 Å². The number of furan rings is 1. The third kappa shape index (κ3) is 5.22. The first-order valence-electron chi connectivity index (χ1n) is 19.3. The molecule has 11 aromatic rings. The highest BCUT2D eigenvalue weighted by Crippen LogP contribution is 2.41. The number of aromatic nitrogens is 1. The highest BCUT2D eigenvalue weighted by molar-refractivity contribution is 7.26. The maximum Gasteiger partial charge on any atom is 0.137 e. The van der Waals surface area contributed by atoms with E-state index in [1.807, 2.05) is 11.3 Å². The van der Waals surface area contributed by atoms with E-state index in [4.69, 9.17) is 9.41 Å². The number of rotatable bonds is 5. The van der Waals surface area contributed by atoms with Gasteiger partial charge in [0.2, 0.25) is 0 Å². The Hall–Kier alpha value is -6.99. The van der Waals surface area contributed by atoms with Crippen molar-refractivity contribution in [1.82, 2.24) is 15.2 Å². The first-order chi connectivity index (χ1) is 28.2. The molecule has 57 heavy (non-hydrogen) atoms. The first kappa shape index (κ1) is 32.3. The van der Waals surface area contributed by atoms with Gasteiger partial charge in [-0.1, -0.05) is 127 Å². The Morgan fingerprint density at radius 3 is 1.98 bits per heavy atom. The second-order valence-electron chi connectivity index (χ2n) is 14.8. The molecule has 0 saturated heterocycles. The van der Waals surface area contributed by atoms with Crippen LogP contribution in [-0.4, -0.2) is 10.4 Å². The van der Waals surface area contributed by atoms with Crippen LogP contribution in [0, 0.1) is 0 Å². The second kappa shape index (κ2) is 12.8. The average molecular weight is 751 g/mol. The average Bonchev–Trinajstić information content (AvgIpc) is 3.95. The third-order valence-electron chi connectivity index (χ3n) is 11.5. The quantitative estimate of drug-likeness (QED) is 0.184. The number of hydrogen-bond donors (Lipinski definition) is 2. The van der Waals surface area contributed by atoms with Crippen molar-refractivity contribution < 1.29 is 4.42 Å². The lowest BCUT2D eigenvalue weighted by atomic mass is 9.99. The zero-order valence-electron chi connectivity index (χ0n) is 30.7. The van der Waals surface area contributed by atoms with Crippen molar-refractivity contribution in [3.63, 3.8) is 0 Å². The van der Waals surface area contributed by atoms with Gasteiger partial charge in [0.1, 0.15) is 29.3 Å². The predicted octanol–water partition coefficient (Wildman–Crippen LogP) is 13.1. The molecule has 4 heterocycles. The summed E-state index contributed by atoms with van der Waals surface area (Å²) in [5.41, 5.74) is 11.0. The van der Waals surface area contributed by atoms with Crippen molar-refractivity contribution >= 4 is 81.1 Å². The summed E-state index contributed by atoms with van der Waals surface area (Å²) in [7, 11) is 0. The maximum atomic E-state index is 6.53. The van der Waals surface area contributed by atoms with Gasteiger partial charge < -0.3 is 14.3 Å². The lowest BCUT2D eigenvalue weighted by Gasteiger charge is -2.32. The van der Waals surface area contributed by atoms with Crippen LogP contribution in [0.4, 0.5) is 0 Å². The van der Waals surface area contributed by atoms with Crippen molar-refractivity contribution in [2.24, 2.45) is 4.99 Å². The number of nitrogens with one attached hydrogen (secondary N) is 2. The fraction of sp³-hybridized carbons (Fsp3) is 0.0392. The fourth-order valence-electron chi connectivity index (χ4n) is 8.81. The molecule has 1 aliphatic rings. The molecule has 5 nitrogen and oxygen atoms in total. The van der Waals surface area contributed by atoms with E-state index in [0.29, 0.717) is 0 Å². The van der Waals surface area contributed by atoms with E-state index in [9.17, 15) is 0 Å². The molecule has 270 valence electrons. The summed E-state index contributed by atoms with van der Waals surface area (Å²) in [6, 6.07) is 64.9. The molecule has 0 saturated carbocycles. The molecule has 2 unspecified atom stereocenters. The van der Waals surface area contributed by atoms with E-state index in [-0.39, 0.29) is 12.3 Å². The van der Waals surface area contributed by atoms with Gasteiger partial charge in [-0.25, -0.2) is 4.99 Å². The van der Waals surface area contributed by atoms with Gasteiger partial charge in [0.05, 0.1) is 11.0 Å². The van der Waals surface area contributed by atoms with Crippen LogP contribution in [0.1, 0.15) is 29.0 Å². The normalized spacial score (nSPS) is 15.9. The zero-order valence-corrected chi connectivity index (χ0v) is 31.5. The number of nitrogens with zero attached hydrogens (tertiary/aromatic N) is 2. The number of hydrogen-bond acceptors (Lipinski definition) is 5. The van der Waals surface area contributed by atoms with Gasteiger partial charge in [-0.3, -0.25) is 5.32 Å². The molecule has 2 N–H and O–H groups in total. The van der Waals surface area contributed by atoms with Crippen LogP contribution in [0.3, 0.4) is 0 Å². The fourth-order valence-corrected chi connectivity index (χ4v) is 9.98. The summed E-state index contributed by atoms with van der Waals surface area (Å²) in [6.07, 6.45) is -0.279. The number of benzene rings is 8. The topological polar surface area (TPSA) is 54.5 Å². The number of aliphatic imine (C=N–C) groups is 1. The van der Waals surface area contributed by atoms with E-state index in [0.717, 1.165) is 50.2 Å². The predicted molar refractivity (Wildman–Crippen MR) is 238 cm³/mol. The Morgan fingerprint density at radius 1 is 0.509 bits per heavy atom. The summed E-state index contributed by atoms with van der Waals surface area (Å²) in [5.74, 6) is 0.893. The molecule has 0 aliphatic carbocycles. The molecule has 6 heteroatoms. The number of fused-ring (bicyclic) bond motifs is 9. The van der Waals surface area contributed by atoms with Crippen LogP contribution in [0.15, 0.2) is 191 Å². The summed E-state index contributed by atoms with van der Waals surface area (Å²) < 4.78 is 11.4. The monoisotopic (exact) mass is 750 g/mol. The van der Waals surface area contributed by atoms with Gasteiger partial charge in [0, 0.05) is 59.0 Å². The van der Waals surface area contributed by atoms with Crippen molar-refractivity contribution in [3.05, 3.63) is 199 Å². The van der Waals surface area contributed by atoms with E-state index < -0.39 is 0 Å². The van der Waals surface area contributed by atoms with E-state index in [1.54, 1.807) is 0 Å². The molecule has 12 rings (SSSR count). The van der Waals surface area contributed by atoms with Crippen LogP contribution in [0.2, 0.25) is 0 Å². The minimum absolute atomic E-state index is 0.0928. The summed E-state index contributed by atoms with van der Waals surface area (Å²) in [5, 5.41) is 14.7. The van der Waals surface area contributed by atoms with Crippen LogP contribution in [0.25, 0.3) is 80.7 Å². The van der Waals surface area contributed by atoms with Gasteiger partial charge in [-0.15, -0.1) is 11.3 Å². The molecule has 8 aromatic carbocycles. The Balaban J connectivity index is 0.933. The molecule has 2 atom stereocenters. The summed E-state index contributed by atoms with van der Waals surface area (Å²) >= 11 is 1.83. The van der Waals surface area contributed by atoms with Gasteiger partial charge in [0.25, 0.3) is 0 Å². The number of para-hydroxylation sites is 2. The first-order valence-corrected chi connectivity index (χ1v) is 20.2. The number of amidine groups is 1. The molecular weight excluding hydrogens is 717 g/mol. The van der Waals surface area contributed by atoms with Crippen LogP contribution < -0.4 is 10.6 Å². The van der Waals surface area contributed by atoms with Gasteiger partial charge in [0.15, 0.2) is 0 Å². The van der Waals surface area contributed by atoms with Crippen molar-refractivity contribution in [2.45, 2.75) is 12.3 Å². The van der Waals surface area contributed by atoms with Crippen LogP contribution in [-0.2, 0) is 0 Å². The summed E-state index contributed by atoms with van der Waals surface area (Å²) in [4.78, 5) is 5.28. The molecular formula is C51H34N4OS. The third-order valence-corrected chi connectivity index (χ3v) is 12.6. The van der Waals surface area contributed by atoms with Crippen LogP contribution in [0.5, 0.6) is 0 Å². The molecule has 0 spiro atoms. The zero-order chi connectivity index (χ0) is 37.5. The summed E-state index contributed by atoms with van der Waals surface area (Å²) in [6.45, 7) is 0. The molecule has 3 aromatic heterocycles. The van der Waals surface area contributed by atoms with E-state index in [1.165, 1.54) is 53.1 Å². The SMILES string of the molecule is c1ccc(C2N=C(c3cccc4sc5cc(-c6ccc7oc8cc(-n9c%10ccccc%10c%10ccccc%109)ccc8c7c6)ccc5c34)NC(c3ccccc3)N2)cc1. The van der Waals surface area contributed by atoms with Gasteiger partial charge in [-0.2, -0.15) is 0 Å². The Morgan fingerprint density at radius 2 is 1.19 bits per heavy atom. The highest BCUT2D eigenvalue weighted by atomic mass is 32.1. The van der Waals surface area contributed by atoms with Gasteiger partial charge >= 0.3 is 0 Å².